The number of hydrogen-bond acceptors (Lipinski definition) is 2. The molecule has 0 aliphatic carbocycles. The molecule has 1 rings (SSSR count). The summed E-state index contributed by atoms with van der Waals surface area (Å²) >= 11 is 3.48. The van der Waals surface area contributed by atoms with E-state index in [9.17, 15) is 4.39 Å². The van der Waals surface area contributed by atoms with Crippen LogP contribution in [-0.2, 0) is 17.9 Å². The monoisotopic (exact) mass is 331 g/mol. The zero-order valence-corrected chi connectivity index (χ0v) is 12.3. The summed E-state index contributed by atoms with van der Waals surface area (Å²) in [5.41, 5.74) is 7.31. The maximum atomic E-state index is 11.9. The van der Waals surface area contributed by atoms with Gasteiger partial charge in [0.1, 0.15) is 0 Å². The Labute approximate surface area is 121 Å². The highest BCUT2D eigenvalue weighted by Crippen LogP contribution is 2.19. The van der Waals surface area contributed by atoms with E-state index in [4.69, 9.17) is 15.9 Å². The molecule has 0 aromatic heterocycles. The van der Waals surface area contributed by atoms with Crippen LogP contribution >= 0.6 is 15.9 Å². The summed E-state index contributed by atoms with van der Waals surface area (Å²) in [7, 11) is 0. The molecule has 0 unspecified atom stereocenters. The number of benzene rings is 1. The first-order chi connectivity index (χ1) is 9.13. The number of rotatable bonds is 8. The molecular formula is C13H19BrFN3O. The number of halogens is 2. The van der Waals surface area contributed by atoms with E-state index < -0.39 is 0 Å². The molecule has 0 aliphatic rings. The van der Waals surface area contributed by atoms with E-state index in [1.807, 2.05) is 18.2 Å². The minimum Gasteiger partial charge on any atom is -0.377 e. The van der Waals surface area contributed by atoms with E-state index in [1.54, 1.807) is 0 Å². The van der Waals surface area contributed by atoms with Gasteiger partial charge in [-0.15, -0.1) is 0 Å². The summed E-state index contributed by atoms with van der Waals surface area (Å²) in [5.74, 6) is -0.0450. The molecule has 0 fully saturated rings. The van der Waals surface area contributed by atoms with Gasteiger partial charge in [0.2, 0.25) is 0 Å². The van der Waals surface area contributed by atoms with Crippen LogP contribution in [0.2, 0.25) is 0 Å². The smallest absolute Gasteiger partial charge is 0.185 e. The van der Waals surface area contributed by atoms with Crippen LogP contribution in [0.4, 0.5) is 4.39 Å². The molecular weight excluding hydrogens is 313 g/mol. The SMILES string of the molecule is N=C(N)NCc1ccc(COCCCCF)c(Br)c1. The molecule has 1 aromatic rings. The Morgan fingerprint density at radius 3 is 2.84 bits per heavy atom. The molecule has 0 spiro atoms. The molecule has 4 nitrogen and oxygen atoms in total. The van der Waals surface area contributed by atoms with Crippen molar-refractivity contribution in [3.63, 3.8) is 0 Å². The third-order valence-corrected chi connectivity index (χ3v) is 3.27. The van der Waals surface area contributed by atoms with Crippen molar-refractivity contribution in [1.82, 2.24) is 5.32 Å². The Morgan fingerprint density at radius 1 is 1.42 bits per heavy atom. The molecule has 4 N–H and O–H groups in total. The van der Waals surface area contributed by atoms with Crippen LogP contribution in [-0.4, -0.2) is 19.2 Å². The van der Waals surface area contributed by atoms with Gasteiger partial charge >= 0.3 is 0 Å². The van der Waals surface area contributed by atoms with Crippen LogP contribution in [0.1, 0.15) is 24.0 Å². The van der Waals surface area contributed by atoms with Crippen molar-refractivity contribution < 1.29 is 9.13 Å². The second-order valence-corrected chi connectivity index (χ2v) is 5.00. The zero-order valence-electron chi connectivity index (χ0n) is 10.7. The molecule has 106 valence electrons. The number of guanidine groups is 1. The van der Waals surface area contributed by atoms with Gasteiger partial charge in [0.05, 0.1) is 13.3 Å². The molecule has 19 heavy (non-hydrogen) atoms. The number of nitrogens with two attached hydrogens (primary N) is 1. The first-order valence-electron chi connectivity index (χ1n) is 6.12. The predicted octanol–water partition coefficient (Wildman–Crippen LogP) is 2.70. The van der Waals surface area contributed by atoms with Crippen molar-refractivity contribution >= 4 is 21.9 Å². The second-order valence-electron chi connectivity index (χ2n) is 4.14. The minimum atomic E-state index is -0.287. The van der Waals surface area contributed by atoms with Crippen LogP contribution in [0.25, 0.3) is 0 Å². The molecule has 0 saturated carbocycles. The molecule has 0 amide bonds. The predicted molar refractivity (Wildman–Crippen MR) is 77.8 cm³/mol. The maximum Gasteiger partial charge on any atom is 0.185 e. The lowest BCUT2D eigenvalue weighted by Crippen LogP contribution is -2.29. The highest BCUT2D eigenvalue weighted by atomic mass is 79.9. The minimum absolute atomic E-state index is 0.0450. The first-order valence-corrected chi connectivity index (χ1v) is 6.91. The van der Waals surface area contributed by atoms with Crippen molar-refractivity contribution in [2.75, 3.05) is 13.3 Å². The average molecular weight is 332 g/mol. The molecule has 6 heteroatoms. The van der Waals surface area contributed by atoms with E-state index in [2.05, 4.69) is 21.2 Å². The van der Waals surface area contributed by atoms with Crippen molar-refractivity contribution in [3.8, 4) is 0 Å². The molecule has 0 radical (unpaired) electrons. The summed E-state index contributed by atoms with van der Waals surface area (Å²) in [5, 5.41) is 9.84. The number of hydrogen-bond donors (Lipinski definition) is 3. The van der Waals surface area contributed by atoms with Crippen LogP contribution in [0.15, 0.2) is 22.7 Å². The highest BCUT2D eigenvalue weighted by molar-refractivity contribution is 9.10. The quantitative estimate of drug-likeness (QED) is 0.389. The average Bonchev–Trinajstić information content (AvgIpc) is 2.38. The summed E-state index contributed by atoms with van der Waals surface area (Å²) in [6.45, 7) is 1.31. The van der Waals surface area contributed by atoms with E-state index >= 15 is 0 Å². The van der Waals surface area contributed by atoms with Crippen molar-refractivity contribution in [3.05, 3.63) is 33.8 Å². The molecule has 0 heterocycles. The van der Waals surface area contributed by atoms with Gasteiger partial charge in [-0.3, -0.25) is 9.80 Å². The van der Waals surface area contributed by atoms with Gasteiger partial charge in [-0.25, -0.2) is 0 Å². The van der Waals surface area contributed by atoms with Gasteiger partial charge < -0.3 is 15.8 Å². The molecule has 1 aromatic carbocycles. The topological polar surface area (TPSA) is 71.1 Å². The van der Waals surface area contributed by atoms with E-state index in [-0.39, 0.29) is 12.6 Å². The van der Waals surface area contributed by atoms with Crippen molar-refractivity contribution in [2.24, 2.45) is 5.73 Å². The summed E-state index contributed by atoms with van der Waals surface area (Å²) < 4.78 is 18.3. The van der Waals surface area contributed by atoms with Crippen LogP contribution < -0.4 is 11.1 Å². The van der Waals surface area contributed by atoms with Gasteiger partial charge in [-0.05, 0) is 30.0 Å². The number of ether oxygens (including phenoxy) is 1. The lowest BCUT2D eigenvalue weighted by atomic mass is 10.1. The summed E-state index contributed by atoms with van der Waals surface area (Å²) in [4.78, 5) is 0. The van der Waals surface area contributed by atoms with Gasteiger partial charge in [0.25, 0.3) is 0 Å². The Kier molecular flexibility index (Phi) is 7.43. The Bertz CT molecular complexity index is 415. The van der Waals surface area contributed by atoms with Gasteiger partial charge in [-0.2, -0.15) is 0 Å². The fourth-order valence-electron chi connectivity index (χ4n) is 1.50. The lowest BCUT2D eigenvalue weighted by Gasteiger charge is -2.09. The van der Waals surface area contributed by atoms with Gasteiger partial charge in [-0.1, -0.05) is 28.1 Å². The Balaban J connectivity index is 2.41. The third-order valence-electron chi connectivity index (χ3n) is 2.53. The third kappa shape index (κ3) is 6.54. The summed E-state index contributed by atoms with van der Waals surface area (Å²) in [6.07, 6.45) is 1.30. The number of unbranched alkanes of at least 4 members (excludes halogenated alkanes) is 1. The van der Waals surface area contributed by atoms with E-state index in [1.165, 1.54) is 0 Å². The van der Waals surface area contributed by atoms with Crippen LogP contribution in [0, 0.1) is 5.41 Å². The molecule has 0 bridgehead atoms. The Morgan fingerprint density at radius 2 is 2.21 bits per heavy atom. The number of nitrogens with one attached hydrogen (secondary N) is 2. The van der Waals surface area contributed by atoms with E-state index in [0.29, 0.717) is 26.2 Å². The molecule has 0 saturated heterocycles. The standard InChI is InChI=1S/C13H19BrFN3O/c14-12-7-10(8-18-13(16)17)3-4-11(12)9-19-6-2-1-5-15/h3-4,7H,1-2,5-6,8-9H2,(H4,16,17,18). The fourth-order valence-corrected chi connectivity index (χ4v) is 2.04. The van der Waals surface area contributed by atoms with E-state index in [0.717, 1.165) is 22.0 Å². The number of alkyl halides is 1. The van der Waals surface area contributed by atoms with Crippen LogP contribution in [0.3, 0.4) is 0 Å². The fraction of sp³-hybridized carbons (Fsp3) is 0.462. The van der Waals surface area contributed by atoms with Crippen LogP contribution in [0.5, 0.6) is 0 Å². The molecule has 0 aliphatic heterocycles. The van der Waals surface area contributed by atoms with Crippen molar-refractivity contribution in [2.45, 2.75) is 26.0 Å². The maximum absolute atomic E-state index is 11.9. The zero-order chi connectivity index (χ0) is 14.1. The molecule has 0 atom stereocenters. The summed E-state index contributed by atoms with van der Waals surface area (Å²) in [6, 6.07) is 5.90. The second kappa shape index (κ2) is 8.87. The highest BCUT2D eigenvalue weighted by Gasteiger charge is 2.02. The lowest BCUT2D eigenvalue weighted by molar-refractivity contribution is 0.115. The Hall–Kier alpha value is -1.14. The first kappa shape index (κ1) is 15.9. The normalized spacial score (nSPS) is 10.4. The largest absolute Gasteiger partial charge is 0.377 e. The van der Waals surface area contributed by atoms with Crippen molar-refractivity contribution in [1.29, 1.82) is 5.41 Å². The van der Waals surface area contributed by atoms with Gasteiger partial charge in [0.15, 0.2) is 5.96 Å². The van der Waals surface area contributed by atoms with Gasteiger partial charge in [0, 0.05) is 17.6 Å².